The second-order valence-electron chi connectivity index (χ2n) is 6.67. The van der Waals surface area contributed by atoms with Gasteiger partial charge in [0.05, 0.1) is 6.10 Å². The third kappa shape index (κ3) is 2.72. The van der Waals surface area contributed by atoms with Gasteiger partial charge >= 0.3 is 6.09 Å². The van der Waals surface area contributed by atoms with E-state index in [9.17, 15) is 4.79 Å². The first-order valence-corrected chi connectivity index (χ1v) is 7.13. The predicted molar refractivity (Wildman–Crippen MR) is 72.9 cm³/mol. The summed E-state index contributed by atoms with van der Waals surface area (Å²) in [5.74, 6) is 0. The van der Waals surface area contributed by atoms with Crippen LogP contribution >= 0.6 is 0 Å². The molecule has 1 heterocycles. The highest BCUT2D eigenvalue weighted by Crippen LogP contribution is 2.49. The number of ether oxygens (including phenoxy) is 2. The van der Waals surface area contributed by atoms with E-state index in [1.165, 1.54) is 0 Å². The van der Waals surface area contributed by atoms with Crippen molar-refractivity contribution in [2.75, 3.05) is 19.7 Å². The predicted octanol–water partition coefficient (Wildman–Crippen LogP) is 1.75. The Morgan fingerprint density at radius 1 is 1.47 bits per heavy atom. The van der Waals surface area contributed by atoms with Crippen molar-refractivity contribution >= 4 is 6.09 Å². The maximum Gasteiger partial charge on any atom is 0.410 e. The molecule has 5 heteroatoms. The third-order valence-electron chi connectivity index (χ3n) is 4.20. The molecular weight excluding hydrogens is 244 g/mol. The Hall–Kier alpha value is -0.810. The molecule has 0 radical (unpaired) electrons. The zero-order valence-corrected chi connectivity index (χ0v) is 12.4. The number of rotatable bonds is 2. The van der Waals surface area contributed by atoms with Crippen LogP contribution in [0.3, 0.4) is 0 Å². The van der Waals surface area contributed by atoms with Gasteiger partial charge in [0.2, 0.25) is 0 Å². The molecule has 3 atom stereocenters. The number of carbonyl (C=O) groups excluding carboxylic acids is 1. The Bertz CT molecular complexity index is 351. The largest absolute Gasteiger partial charge is 0.444 e. The molecule has 1 saturated heterocycles. The molecule has 1 spiro atoms. The van der Waals surface area contributed by atoms with Crippen molar-refractivity contribution in [3.8, 4) is 0 Å². The van der Waals surface area contributed by atoms with E-state index in [0.717, 1.165) is 12.8 Å². The molecule has 2 rings (SSSR count). The molecular formula is C14H26N2O3. The number of hydrogen-bond donors (Lipinski definition) is 1. The summed E-state index contributed by atoms with van der Waals surface area (Å²) < 4.78 is 11.2. The van der Waals surface area contributed by atoms with Crippen molar-refractivity contribution in [1.29, 1.82) is 0 Å². The highest BCUT2D eigenvalue weighted by atomic mass is 16.6. The number of likely N-dealkylation sites (tertiary alicyclic amines) is 1. The van der Waals surface area contributed by atoms with Gasteiger partial charge in [0.1, 0.15) is 5.60 Å². The van der Waals surface area contributed by atoms with E-state index in [1.54, 1.807) is 4.90 Å². The van der Waals surface area contributed by atoms with Gasteiger partial charge in [0.25, 0.3) is 0 Å². The Morgan fingerprint density at radius 3 is 2.68 bits per heavy atom. The Labute approximate surface area is 115 Å². The summed E-state index contributed by atoms with van der Waals surface area (Å²) in [5, 5.41) is 0. The van der Waals surface area contributed by atoms with Crippen molar-refractivity contribution in [3.63, 3.8) is 0 Å². The van der Waals surface area contributed by atoms with Gasteiger partial charge in [0, 0.05) is 31.2 Å². The highest BCUT2D eigenvalue weighted by Gasteiger charge is 2.58. The summed E-state index contributed by atoms with van der Waals surface area (Å²) in [4.78, 5) is 13.9. The molecule has 0 bridgehead atoms. The van der Waals surface area contributed by atoms with Crippen molar-refractivity contribution in [2.45, 2.75) is 58.3 Å². The van der Waals surface area contributed by atoms with Gasteiger partial charge in [-0.1, -0.05) is 0 Å². The van der Waals surface area contributed by atoms with Crippen LogP contribution in [0.25, 0.3) is 0 Å². The molecule has 19 heavy (non-hydrogen) atoms. The lowest BCUT2D eigenvalue weighted by molar-refractivity contribution is -0.116. The normalized spacial score (nSPS) is 34.5. The Morgan fingerprint density at radius 2 is 2.16 bits per heavy atom. The number of carbonyl (C=O) groups is 1. The number of nitrogens with two attached hydrogens (primary N) is 1. The van der Waals surface area contributed by atoms with E-state index in [1.807, 2.05) is 27.7 Å². The summed E-state index contributed by atoms with van der Waals surface area (Å²) in [6.07, 6.45) is 1.77. The van der Waals surface area contributed by atoms with Gasteiger partial charge < -0.3 is 20.1 Å². The van der Waals surface area contributed by atoms with E-state index in [4.69, 9.17) is 15.2 Å². The lowest BCUT2D eigenvalue weighted by atomic mass is 9.61. The summed E-state index contributed by atoms with van der Waals surface area (Å²) >= 11 is 0. The van der Waals surface area contributed by atoms with Crippen molar-refractivity contribution < 1.29 is 14.3 Å². The van der Waals surface area contributed by atoms with E-state index < -0.39 is 5.60 Å². The lowest BCUT2D eigenvalue weighted by Gasteiger charge is -2.51. The van der Waals surface area contributed by atoms with Gasteiger partial charge in [-0.25, -0.2) is 4.79 Å². The third-order valence-corrected chi connectivity index (χ3v) is 4.20. The van der Waals surface area contributed by atoms with Gasteiger partial charge in [-0.05, 0) is 40.5 Å². The van der Waals surface area contributed by atoms with Crippen LogP contribution in [0.15, 0.2) is 0 Å². The molecule has 2 N–H and O–H groups in total. The van der Waals surface area contributed by atoms with Gasteiger partial charge in [0.15, 0.2) is 0 Å². The molecule has 0 aromatic heterocycles. The summed E-state index contributed by atoms with van der Waals surface area (Å²) in [6.45, 7) is 9.72. The fourth-order valence-electron chi connectivity index (χ4n) is 3.12. The molecule has 1 saturated carbocycles. The minimum Gasteiger partial charge on any atom is -0.444 e. The van der Waals surface area contributed by atoms with Crippen molar-refractivity contribution in [3.05, 3.63) is 0 Å². The number of amides is 1. The monoisotopic (exact) mass is 270 g/mol. The van der Waals surface area contributed by atoms with Gasteiger partial charge in [-0.3, -0.25) is 0 Å². The fraction of sp³-hybridized carbons (Fsp3) is 0.929. The lowest BCUT2D eigenvalue weighted by Crippen LogP contribution is -2.63. The Balaban J connectivity index is 1.97. The van der Waals surface area contributed by atoms with Crippen LogP contribution < -0.4 is 5.73 Å². The average molecular weight is 270 g/mol. The van der Waals surface area contributed by atoms with E-state index in [0.29, 0.717) is 19.7 Å². The quantitative estimate of drug-likeness (QED) is 0.830. The van der Waals surface area contributed by atoms with Crippen LogP contribution in [0.5, 0.6) is 0 Å². The van der Waals surface area contributed by atoms with Crippen molar-refractivity contribution in [2.24, 2.45) is 11.1 Å². The second kappa shape index (κ2) is 4.94. The smallest absolute Gasteiger partial charge is 0.410 e. The molecule has 110 valence electrons. The van der Waals surface area contributed by atoms with Crippen LogP contribution in [0.4, 0.5) is 4.79 Å². The first-order valence-electron chi connectivity index (χ1n) is 7.13. The van der Waals surface area contributed by atoms with Crippen molar-refractivity contribution in [1.82, 2.24) is 4.90 Å². The molecule has 5 nitrogen and oxygen atoms in total. The standard InChI is InChI=1S/C14H26N2O3/c1-5-18-11-8-10(15)14(11)6-7-16(9-14)12(17)19-13(2,3)4/h10-11H,5-9,15H2,1-4H3. The molecule has 1 aliphatic carbocycles. The minimum atomic E-state index is -0.451. The van der Waals surface area contributed by atoms with E-state index in [2.05, 4.69) is 0 Å². The average Bonchev–Trinajstić information content (AvgIpc) is 2.74. The summed E-state index contributed by atoms with van der Waals surface area (Å²) in [6, 6.07) is 0.136. The van der Waals surface area contributed by atoms with Crippen LogP contribution in [0, 0.1) is 5.41 Å². The van der Waals surface area contributed by atoms with Crippen LogP contribution in [-0.4, -0.2) is 48.4 Å². The first kappa shape index (κ1) is 14.6. The molecule has 1 amide bonds. The molecule has 0 aromatic rings. The second-order valence-corrected chi connectivity index (χ2v) is 6.67. The highest BCUT2D eigenvalue weighted by molar-refractivity contribution is 5.68. The van der Waals surface area contributed by atoms with E-state index in [-0.39, 0.29) is 23.7 Å². The topological polar surface area (TPSA) is 64.8 Å². The summed E-state index contributed by atoms with van der Waals surface area (Å²) in [5.41, 5.74) is 5.67. The number of hydrogen-bond acceptors (Lipinski definition) is 4. The maximum atomic E-state index is 12.1. The van der Waals surface area contributed by atoms with Crippen LogP contribution in [-0.2, 0) is 9.47 Å². The van der Waals surface area contributed by atoms with E-state index >= 15 is 0 Å². The first-order chi connectivity index (χ1) is 8.78. The number of nitrogens with zero attached hydrogens (tertiary/aromatic N) is 1. The zero-order valence-electron chi connectivity index (χ0n) is 12.4. The summed E-state index contributed by atoms with van der Waals surface area (Å²) in [7, 11) is 0. The molecule has 2 aliphatic rings. The molecule has 3 unspecified atom stereocenters. The minimum absolute atomic E-state index is 0.0487. The molecule has 2 fully saturated rings. The molecule has 1 aliphatic heterocycles. The SMILES string of the molecule is CCOC1CC(N)C12CCN(C(=O)OC(C)(C)C)C2. The van der Waals surface area contributed by atoms with Crippen LogP contribution in [0.2, 0.25) is 0 Å². The molecule has 0 aromatic carbocycles. The fourth-order valence-corrected chi connectivity index (χ4v) is 3.12. The van der Waals surface area contributed by atoms with Gasteiger partial charge in [-0.2, -0.15) is 0 Å². The van der Waals surface area contributed by atoms with Gasteiger partial charge in [-0.15, -0.1) is 0 Å². The Kier molecular flexibility index (Phi) is 3.80. The van der Waals surface area contributed by atoms with Crippen LogP contribution in [0.1, 0.15) is 40.5 Å². The zero-order chi connectivity index (χ0) is 14.3. The maximum absolute atomic E-state index is 12.1.